The number of hydrogen-bond acceptors (Lipinski definition) is 3. The molecule has 1 amide bonds. The van der Waals surface area contributed by atoms with Crippen molar-refractivity contribution in [1.29, 1.82) is 0 Å². The minimum Gasteiger partial charge on any atom is -0.478 e. The molecule has 1 aliphatic heterocycles. The Morgan fingerprint density at radius 3 is 2.53 bits per heavy atom. The first kappa shape index (κ1) is 10.3. The van der Waals surface area contributed by atoms with Crippen LogP contribution in [0.1, 0.15) is 32.1 Å². The second-order valence-electron chi connectivity index (χ2n) is 4.27. The van der Waals surface area contributed by atoms with Gasteiger partial charge in [-0.3, -0.25) is 0 Å². The first-order chi connectivity index (χ1) is 7.15. The summed E-state index contributed by atoms with van der Waals surface area (Å²) < 4.78 is 5.00. The van der Waals surface area contributed by atoms with Crippen molar-refractivity contribution in [1.82, 2.24) is 5.32 Å². The van der Waals surface area contributed by atoms with Gasteiger partial charge in [-0.15, -0.1) is 0 Å². The highest BCUT2D eigenvalue weighted by atomic mass is 16.6. The van der Waals surface area contributed by atoms with Gasteiger partial charge in [0.05, 0.1) is 6.54 Å². The van der Waals surface area contributed by atoms with Crippen LogP contribution in [0.3, 0.4) is 0 Å². The number of carbonyl (C=O) groups is 2. The molecular formula is C10H15NO4. The van der Waals surface area contributed by atoms with E-state index in [4.69, 9.17) is 4.74 Å². The minimum absolute atomic E-state index is 0.0392. The monoisotopic (exact) mass is 213 g/mol. The highest BCUT2D eigenvalue weighted by Gasteiger charge is 2.53. The van der Waals surface area contributed by atoms with Crippen molar-refractivity contribution in [3.63, 3.8) is 0 Å². The summed E-state index contributed by atoms with van der Waals surface area (Å²) in [4.78, 5) is 22.3. The minimum atomic E-state index is -1.31. The molecule has 2 aliphatic rings. The van der Waals surface area contributed by atoms with Crippen molar-refractivity contribution in [3.8, 4) is 0 Å². The van der Waals surface area contributed by atoms with E-state index in [0.717, 1.165) is 32.1 Å². The third-order valence-electron chi connectivity index (χ3n) is 3.40. The second-order valence-corrected chi connectivity index (χ2v) is 4.27. The van der Waals surface area contributed by atoms with E-state index in [1.165, 1.54) is 0 Å². The fourth-order valence-electron chi connectivity index (χ4n) is 2.53. The second kappa shape index (κ2) is 3.72. The smallest absolute Gasteiger partial charge is 0.408 e. The first-order valence-corrected chi connectivity index (χ1v) is 5.35. The zero-order valence-electron chi connectivity index (χ0n) is 8.49. The van der Waals surface area contributed by atoms with Gasteiger partial charge in [0.1, 0.15) is 0 Å². The van der Waals surface area contributed by atoms with Crippen LogP contribution in [0.25, 0.3) is 0 Å². The Bertz CT molecular complexity index is 285. The van der Waals surface area contributed by atoms with Crippen molar-refractivity contribution in [2.24, 2.45) is 5.92 Å². The van der Waals surface area contributed by atoms with E-state index in [2.05, 4.69) is 5.32 Å². The molecule has 0 aromatic rings. The van der Waals surface area contributed by atoms with E-state index >= 15 is 0 Å². The summed E-state index contributed by atoms with van der Waals surface area (Å²) >= 11 is 0. The number of hydrogen-bond donors (Lipinski definition) is 2. The molecular weight excluding hydrogens is 198 g/mol. The number of rotatable bonds is 2. The van der Waals surface area contributed by atoms with Crippen molar-refractivity contribution in [2.75, 3.05) is 6.54 Å². The Balaban J connectivity index is 2.18. The molecule has 2 fully saturated rings. The highest BCUT2D eigenvalue weighted by molar-refractivity contribution is 5.85. The van der Waals surface area contributed by atoms with Gasteiger partial charge in [-0.25, -0.2) is 9.59 Å². The van der Waals surface area contributed by atoms with Crippen LogP contribution in [-0.2, 0) is 9.53 Å². The average Bonchev–Trinajstić information content (AvgIpc) is 2.63. The quantitative estimate of drug-likeness (QED) is 0.721. The van der Waals surface area contributed by atoms with Crippen molar-refractivity contribution < 1.29 is 19.4 Å². The summed E-state index contributed by atoms with van der Waals surface area (Å²) in [5, 5.41) is 11.7. The fraction of sp³-hybridized carbons (Fsp3) is 0.800. The van der Waals surface area contributed by atoms with Gasteiger partial charge in [0.15, 0.2) is 0 Å². The molecule has 1 heterocycles. The van der Waals surface area contributed by atoms with Crippen LogP contribution in [0.2, 0.25) is 0 Å². The van der Waals surface area contributed by atoms with Crippen molar-refractivity contribution in [3.05, 3.63) is 0 Å². The maximum atomic E-state index is 11.3. The van der Waals surface area contributed by atoms with Crippen LogP contribution in [0.15, 0.2) is 0 Å². The van der Waals surface area contributed by atoms with Crippen LogP contribution >= 0.6 is 0 Å². The SMILES string of the molecule is O=C1NCC(C(=O)O)(C2CCCCC2)O1. The molecule has 15 heavy (non-hydrogen) atoms. The van der Waals surface area contributed by atoms with Crippen LogP contribution in [0.5, 0.6) is 0 Å². The lowest BCUT2D eigenvalue weighted by atomic mass is 9.77. The Hall–Kier alpha value is -1.26. The van der Waals surface area contributed by atoms with Crippen LogP contribution in [0.4, 0.5) is 4.79 Å². The summed E-state index contributed by atoms with van der Waals surface area (Å²) in [5.41, 5.74) is -1.31. The van der Waals surface area contributed by atoms with Gasteiger partial charge in [0.2, 0.25) is 5.60 Å². The van der Waals surface area contributed by atoms with Crippen LogP contribution in [0, 0.1) is 5.92 Å². The molecule has 0 bridgehead atoms. The van der Waals surface area contributed by atoms with E-state index in [1.54, 1.807) is 0 Å². The summed E-state index contributed by atoms with van der Waals surface area (Å²) in [5.74, 6) is -1.06. The number of carboxylic acid groups (broad SMARTS) is 1. The lowest BCUT2D eigenvalue weighted by molar-refractivity contribution is -0.161. The number of carbonyl (C=O) groups excluding carboxylic acids is 1. The van der Waals surface area contributed by atoms with E-state index in [0.29, 0.717) is 0 Å². The number of aliphatic carboxylic acids is 1. The molecule has 2 rings (SSSR count). The molecule has 1 unspecified atom stereocenters. The van der Waals surface area contributed by atoms with Gasteiger partial charge in [0, 0.05) is 5.92 Å². The van der Waals surface area contributed by atoms with Crippen molar-refractivity contribution in [2.45, 2.75) is 37.7 Å². The maximum absolute atomic E-state index is 11.3. The molecule has 1 saturated heterocycles. The molecule has 5 heteroatoms. The molecule has 5 nitrogen and oxygen atoms in total. The lowest BCUT2D eigenvalue weighted by Gasteiger charge is -2.33. The zero-order chi connectivity index (χ0) is 10.9. The normalized spacial score (nSPS) is 32.1. The summed E-state index contributed by atoms with van der Waals surface area (Å²) in [6.45, 7) is 0.103. The zero-order valence-corrected chi connectivity index (χ0v) is 8.49. The summed E-state index contributed by atoms with van der Waals surface area (Å²) in [6, 6.07) is 0. The van der Waals surface area contributed by atoms with Gasteiger partial charge >= 0.3 is 12.1 Å². The number of cyclic esters (lactones) is 1. The molecule has 1 atom stereocenters. The first-order valence-electron chi connectivity index (χ1n) is 5.35. The van der Waals surface area contributed by atoms with Crippen LogP contribution < -0.4 is 5.32 Å². The molecule has 0 aromatic carbocycles. The Morgan fingerprint density at radius 1 is 1.40 bits per heavy atom. The van der Waals surface area contributed by atoms with Gasteiger partial charge in [-0.05, 0) is 12.8 Å². The standard InChI is InChI=1S/C10H15NO4/c12-8(13)10(6-11-9(14)15-10)7-4-2-1-3-5-7/h7H,1-6H2,(H,11,14)(H,12,13). The molecule has 0 aromatic heterocycles. The Labute approximate surface area is 87.8 Å². The molecule has 0 spiro atoms. The highest BCUT2D eigenvalue weighted by Crippen LogP contribution is 2.37. The topological polar surface area (TPSA) is 75.6 Å². The molecule has 0 radical (unpaired) electrons. The number of ether oxygens (including phenoxy) is 1. The largest absolute Gasteiger partial charge is 0.478 e. The van der Waals surface area contributed by atoms with Crippen molar-refractivity contribution >= 4 is 12.1 Å². The number of amides is 1. The van der Waals surface area contributed by atoms with Gasteiger partial charge in [-0.2, -0.15) is 0 Å². The lowest BCUT2D eigenvalue weighted by Crippen LogP contribution is -2.49. The Morgan fingerprint density at radius 2 is 2.07 bits per heavy atom. The van der Waals surface area contributed by atoms with Gasteiger partial charge in [-0.1, -0.05) is 19.3 Å². The Kier molecular flexibility index (Phi) is 2.54. The van der Waals surface area contributed by atoms with E-state index in [9.17, 15) is 14.7 Å². The van der Waals surface area contributed by atoms with E-state index in [-0.39, 0.29) is 12.5 Å². The predicted octanol–water partition coefficient (Wildman–Crippen LogP) is 1.13. The van der Waals surface area contributed by atoms with Crippen LogP contribution in [-0.4, -0.2) is 29.3 Å². The van der Waals surface area contributed by atoms with Gasteiger partial charge < -0.3 is 15.2 Å². The summed E-state index contributed by atoms with van der Waals surface area (Å²) in [7, 11) is 0. The molecule has 84 valence electrons. The number of alkyl carbamates (subject to hydrolysis) is 1. The number of carboxylic acids is 1. The molecule has 1 saturated carbocycles. The van der Waals surface area contributed by atoms with E-state index < -0.39 is 17.7 Å². The predicted molar refractivity (Wildman–Crippen MR) is 51.4 cm³/mol. The maximum Gasteiger partial charge on any atom is 0.408 e. The van der Waals surface area contributed by atoms with Gasteiger partial charge in [0.25, 0.3) is 0 Å². The molecule has 1 aliphatic carbocycles. The summed E-state index contributed by atoms with van der Waals surface area (Å²) in [6.07, 6.45) is 4.26. The fourth-order valence-corrected chi connectivity index (χ4v) is 2.53. The molecule has 2 N–H and O–H groups in total. The number of nitrogens with one attached hydrogen (secondary N) is 1. The third kappa shape index (κ3) is 1.66. The van der Waals surface area contributed by atoms with E-state index in [1.807, 2.05) is 0 Å². The average molecular weight is 213 g/mol. The third-order valence-corrected chi connectivity index (χ3v) is 3.40.